The van der Waals surface area contributed by atoms with E-state index in [1.807, 2.05) is 5.51 Å². The van der Waals surface area contributed by atoms with E-state index in [1.165, 1.54) is 23.2 Å². The van der Waals surface area contributed by atoms with Gasteiger partial charge in [-0.1, -0.05) is 12.2 Å². The van der Waals surface area contributed by atoms with Crippen molar-refractivity contribution in [3.63, 3.8) is 0 Å². The van der Waals surface area contributed by atoms with Crippen molar-refractivity contribution < 1.29 is 0 Å². The lowest BCUT2D eigenvalue weighted by Gasteiger charge is -2.41. The first kappa shape index (κ1) is 9.66. The summed E-state index contributed by atoms with van der Waals surface area (Å²) in [6.07, 6.45) is 7.33. The van der Waals surface area contributed by atoms with E-state index in [-0.39, 0.29) is 0 Å². The van der Waals surface area contributed by atoms with Gasteiger partial charge in [0.1, 0.15) is 0 Å². The van der Waals surface area contributed by atoms with Crippen LogP contribution in [0.2, 0.25) is 0 Å². The highest BCUT2D eigenvalue weighted by Crippen LogP contribution is 2.44. The second-order valence-electron chi connectivity index (χ2n) is 5.02. The second kappa shape index (κ2) is 3.57. The van der Waals surface area contributed by atoms with E-state index in [1.54, 1.807) is 11.3 Å². The molecular formula is C14H14N2S. The molecule has 0 bridgehead atoms. The van der Waals surface area contributed by atoms with Crippen LogP contribution in [0.1, 0.15) is 12.8 Å². The zero-order valence-electron chi connectivity index (χ0n) is 9.47. The summed E-state index contributed by atoms with van der Waals surface area (Å²) in [5.74, 6) is 1.69. The SMILES string of the molecule is C1=CC2C(C1)CC2Nc1ccc2ncsc2c1. The molecule has 2 nitrogen and oxygen atoms in total. The van der Waals surface area contributed by atoms with Crippen molar-refractivity contribution in [1.29, 1.82) is 0 Å². The molecule has 2 aliphatic carbocycles. The van der Waals surface area contributed by atoms with Crippen LogP contribution in [0.25, 0.3) is 10.2 Å². The monoisotopic (exact) mass is 242 g/mol. The van der Waals surface area contributed by atoms with Gasteiger partial charge < -0.3 is 5.32 Å². The number of rotatable bonds is 2. The van der Waals surface area contributed by atoms with Crippen LogP contribution >= 0.6 is 11.3 Å². The maximum Gasteiger partial charge on any atom is 0.0813 e. The lowest BCUT2D eigenvalue weighted by molar-refractivity contribution is 0.218. The first-order valence-electron chi connectivity index (χ1n) is 6.16. The van der Waals surface area contributed by atoms with Gasteiger partial charge in [-0.3, -0.25) is 0 Å². The largest absolute Gasteiger partial charge is 0.382 e. The summed E-state index contributed by atoms with van der Waals surface area (Å²) >= 11 is 1.71. The predicted octanol–water partition coefficient (Wildman–Crippen LogP) is 3.67. The van der Waals surface area contributed by atoms with Crippen LogP contribution in [0, 0.1) is 11.8 Å². The van der Waals surface area contributed by atoms with Crippen LogP contribution in [-0.2, 0) is 0 Å². The molecule has 2 aliphatic rings. The Morgan fingerprint density at radius 3 is 3.29 bits per heavy atom. The fourth-order valence-corrected chi connectivity index (χ4v) is 3.76. The molecule has 2 aromatic rings. The van der Waals surface area contributed by atoms with Crippen LogP contribution in [0.15, 0.2) is 35.9 Å². The van der Waals surface area contributed by atoms with Crippen molar-refractivity contribution in [2.24, 2.45) is 11.8 Å². The van der Waals surface area contributed by atoms with Gasteiger partial charge in [0.25, 0.3) is 0 Å². The zero-order chi connectivity index (χ0) is 11.2. The van der Waals surface area contributed by atoms with E-state index < -0.39 is 0 Å². The summed E-state index contributed by atoms with van der Waals surface area (Å²) in [4.78, 5) is 4.31. The summed E-state index contributed by atoms with van der Waals surface area (Å²) in [6.45, 7) is 0. The Hall–Kier alpha value is -1.35. The van der Waals surface area contributed by atoms with Gasteiger partial charge in [-0.05, 0) is 37.0 Å². The Morgan fingerprint density at radius 1 is 1.35 bits per heavy atom. The number of hydrogen-bond acceptors (Lipinski definition) is 3. The molecule has 0 spiro atoms. The number of fused-ring (bicyclic) bond motifs is 2. The molecular weight excluding hydrogens is 228 g/mol. The molecule has 1 aromatic heterocycles. The number of anilines is 1. The minimum Gasteiger partial charge on any atom is -0.382 e. The summed E-state index contributed by atoms with van der Waals surface area (Å²) in [5, 5.41) is 3.66. The van der Waals surface area contributed by atoms with Gasteiger partial charge >= 0.3 is 0 Å². The standard InChI is InChI=1S/C14H14N2S/c1-2-9-6-13(11(9)3-1)16-10-4-5-12-14(7-10)17-8-15-12/h1,3-5,7-9,11,13,16H,2,6H2. The summed E-state index contributed by atoms with van der Waals surface area (Å²) in [5.41, 5.74) is 4.26. The van der Waals surface area contributed by atoms with Gasteiger partial charge in [0, 0.05) is 17.6 Å². The van der Waals surface area contributed by atoms with E-state index in [0.29, 0.717) is 6.04 Å². The van der Waals surface area contributed by atoms with Gasteiger partial charge in [0.2, 0.25) is 0 Å². The number of nitrogens with one attached hydrogen (secondary N) is 1. The van der Waals surface area contributed by atoms with E-state index in [4.69, 9.17) is 0 Å². The molecule has 1 aromatic carbocycles. The highest BCUT2D eigenvalue weighted by atomic mass is 32.1. The fourth-order valence-electron chi connectivity index (χ4n) is 3.04. The Kier molecular flexibility index (Phi) is 2.03. The molecule has 3 unspecified atom stereocenters. The molecule has 1 saturated carbocycles. The highest BCUT2D eigenvalue weighted by Gasteiger charge is 2.40. The van der Waals surface area contributed by atoms with E-state index in [9.17, 15) is 0 Å². The number of thiazole rings is 1. The maximum atomic E-state index is 4.31. The lowest BCUT2D eigenvalue weighted by atomic mass is 9.71. The Bertz CT molecular complexity index is 587. The molecule has 17 heavy (non-hydrogen) atoms. The molecule has 1 fully saturated rings. The van der Waals surface area contributed by atoms with Gasteiger partial charge in [0.05, 0.1) is 15.7 Å². The van der Waals surface area contributed by atoms with E-state index in [2.05, 4.69) is 40.7 Å². The smallest absolute Gasteiger partial charge is 0.0813 e. The van der Waals surface area contributed by atoms with Crippen molar-refractivity contribution in [1.82, 2.24) is 4.98 Å². The number of benzene rings is 1. The van der Waals surface area contributed by atoms with Crippen molar-refractivity contribution >= 4 is 27.2 Å². The fraction of sp³-hybridized carbons (Fsp3) is 0.357. The van der Waals surface area contributed by atoms with Crippen LogP contribution in [0.3, 0.4) is 0 Å². The van der Waals surface area contributed by atoms with Crippen molar-refractivity contribution in [2.75, 3.05) is 5.32 Å². The maximum absolute atomic E-state index is 4.31. The van der Waals surface area contributed by atoms with Crippen molar-refractivity contribution in [3.05, 3.63) is 35.9 Å². The first-order chi connectivity index (χ1) is 8.40. The van der Waals surface area contributed by atoms with Crippen molar-refractivity contribution in [2.45, 2.75) is 18.9 Å². The molecule has 1 heterocycles. The topological polar surface area (TPSA) is 24.9 Å². The summed E-state index contributed by atoms with van der Waals surface area (Å²) in [6, 6.07) is 7.12. The summed E-state index contributed by atoms with van der Waals surface area (Å²) in [7, 11) is 0. The molecule has 4 rings (SSSR count). The third-order valence-electron chi connectivity index (χ3n) is 4.05. The number of nitrogens with zero attached hydrogens (tertiary/aromatic N) is 1. The van der Waals surface area contributed by atoms with Crippen LogP contribution in [0.4, 0.5) is 5.69 Å². The molecule has 86 valence electrons. The van der Waals surface area contributed by atoms with Gasteiger partial charge in [-0.2, -0.15) is 0 Å². The van der Waals surface area contributed by atoms with Gasteiger partial charge in [0.15, 0.2) is 0 Å². The van der Waals surface area contributed by atoms with E-state index >= 15 is 0 Å². The van der Waals surface area contributed by atoms with Crippen LogP contribution in [-0.4, -0.2) is 11.0 Å². The zero-order valence-corrected chi connectivity index (χ0v) is 10.3. The summed E-state index contributed by atoms with van der Waals surface area (Å²) < 4.78 is 1.27. The number of allylic oxidation sites excluding steroid dienone is 1. The minimum absolute atomic E-state index is 0.643. The third-order valence-corrected chi connectivity index (χ3v) is 4.84. The van der Waals surface area contributed by atoms with Crippen LogP contribution in [0.5, 0.6) is 0 Å². The number of aromatic nitrogens is 1. The predicted molar refractivity (Wildman–Crippen MR) is 72.4 cm³/mol. The van der Waals surface area contributed by atoms with Gasteiger partial charge in [-0.15, -0.1) is 11.3 Å². The number of hydrogen-bond donors (Lipinski definition) is 1. The Labute approximate surface area is 104 Å². The Morgan fingerprint density at radius 2 is 2.35 bits per heavy atom. The molecule has 3 heteroatoms. The van der Waals surface area contributed by atoms with E-state index in [0.717, 1.165) is 17.4 Å². The molecule has 1 N–H and O–H groups in total. The average molecular weight is 242 g/mol. The first-order valence-corrected chi connectivity index (χ1v) is 7.04. The van der Waals surface area contributed by atoms with Gasteiger partial charge in [-0.25, -0.2) is 4.98 Å². The molecule has 3 atom stereocenters. The minimum atomic E-state index is 0.643. The van der Waals surface area contributed by atoms with Crippen LogP contribution < -0.4 is 5.32 Å². The molecule has 0 saturated heterocycles. The second-order valence-corrected chi connectivity index (χ2v) is 5.91. The molecule has 0 radical (unpaired) electrons. The molecule has 0 aliphatic heterocycles. The molecule has 0 amide bonds. The third kappa shape index (κ3) is 1.49. The average Bonchev–Trinajstić information content (AvgIpc) is 2.91. The Balaban J connectivity index is 1.56. The quantitative estimate of drug-likeness (QED) is 0.813. The normalized spacial score (nSPS) is 30.2. The van der Waals surface area contributed by atoms with Crippen molar-refractivity contribution in [3.8, 4) is 0 Å². The highest BCUT2D eigenvalue weighted by molar-refractivity contribution is 7.16. The lowest BCUT2D eigenvalue weighted by Crippen LogP contribution is -2.43.